The van der Waals surface area contributed by atoms with Crippen molar-refractivity contribution in [2.75, 3.05) is 0 Å². The van der Waals surface area contributed by atoms with Crippen LogP contribution in [0, 0.1) is 5.82 Å². The fourth-order valence-electron chi connectivity index (χ4n) is 5.44. The molecular formula is C36H23F. The third-order valence-electron chi connectivity index (χ3n) is 7.46. The molecule has 0 atom stereocenters. The monoisotopic (exact) mass is 474 g/mol. The highest BCUT2D eigenvalue weighted by molar-refractivity contribution is 6.02. The molecule has 0 unspecified atom stereocenters. The minimum absolute atomic E-state index is 0.216. The molecule has 174 valence electrons. The van der Waals surface area contributed by atoms with Gasteiger partial charge in [0, 0.05) is 0 Å². The molecule has 6 aromatic rings. The fraction of sp³-hybridized carbons (Fsp3) is 0. The number of halogens is 1. The van der Waals surface area contributed by atoms with Gasteiger partial charge in [-0.15, -0.1) is 0 Å². The van der Waals surface area contributed by atoms with E-state index in [0.29, 0.717) is 0 Å². The second-order valence-corrected chi connectivity index (χ2v) is 9.65. The Morgan fingerprint density at radius 2 is 0.811 bits per heavy atom. The highest BCUT2D eigenvalue weighted by Gasteiger charge is 2.21. The van der Waals surface area contributed by atoms with Crippen LogP contribution in [-0.4, -0.2) is 0 Å². The molecule has 0 fully saturated rings. The lowest BCUT2D eigenvalue weighted by Gasteiger charge is -2.10. The molecule has 0 aliphatic heterocycles. The van der Waals surface area contributed by atoms with Crippen molar-refractivity contribution in [3.63, 3.8) is 0 Å². The first-order valence-electron chi connectivity index (χ1n) is 12.5. The largest absolute Gasteiger partial charge is 0.207 e. The van der Waals surface area contributed by atoms with Crippen LogP contribution in [0.1, 0.15) is 11.1 Å². The summed E-state index contributed by atoms with van der Waals surface area (Å²) in [4.78, 5) is 0. The van der Waals surface area contributed by atoms with Crippen LogP contribution in [0.25, 0.3) is 60.9 Å². The van der Waals surface area contributed by atoms with E-state index in [0.717, 1.165) is 22.3 Å². The fourth-order valence-corrected chi connectivity index (χ4v) is 5.44. The molecular weight excluding hydrogens is 451 g/mol. The number of benzene rings is 6. The quantitative estimate of drug-likeness (QED) is 0.239. The van der Waals surface area contributed by atoms with Gasteiger partial charge in [0.25, 0.3) is 0 Å². The van der Waals surface area contributed by atoms with Crippen LogP contribution >= 0.6 is 0 Å². The van der Waals surface area contributed by atoms with Crippen LogP contribution in [0.15, 0.2) is 134 Å². The van der Waals surface area contributed by atoms with Gasteiger partial charge in [0.15, 0.2) is 0 Å². The molecule has 1 aliphatic carbocycles. The summed E-state index contributed by atoms with van der Waals surface area (Å²) in [5.74, 6) is -0.216. The Labute approximate surface area is 216 Å². The van der Waals surface area contributed by atoms with Gasteiger partial charge in [0.05, 0.1) is 0 Å². The number of hydrogen-bond donors (Lipinski definition) is 0. The van der Waals surface area contributed by atoms with Crippen molar-refractivity contribution in [2.45, 2.75) is 0 Å². The van der Waals surface area contributed by atoms with E-state index in [1.54, 1.807) is 0 Å². The third-order valence-corrected chi connectivity index (χ3v) is 7.46. The topological polar surface area (TPSA) is 0 Å². The highest BCUT2D eigenvalue weighted by atomic mass is 19.1. The summed E-state index contributed by atoms with van der Waals surface area (Å²) in [6.07, 6.45) is 0. The molecule has 1 heteroatoms. The van der Waals surface area contributed by atoms with E-state index in [2.05, 4.69) is 110 Å². The van der Waals surface area contributed by atoms with Gasteiger partial charge in [-0.25, -0.2) is 4.39 Å². The summed E-state index contributed by atoms with van der Waals surface area (Å²) in [5.41, 5.74) is 12.9. The first kappa shape index (κ1) is 21.5. The van der Waals surface area contributed by atoms with Gasteiger partial charge < -0.3 is 0 Å². The lowest BCUT2D eigenvalue weighted by molar-refractivity contribution is 0.628. The maximum atomic E-state index is 13.3. The van der Waals surface area contributed by atoms with Crippen molar-refractivity contribution in [1.29, 1.82) is 0 Å². The molecule has 1 aliphatic rings. The molecule has 0 spiro atoms. The second-order valence-electron chi connectivity index (χ2n) is 9.65. The Kier molecular flexibility index (Phi) is 4.90. The summed E-state index contributed by atoms with van der Waals surface area (Å²) < 4.78 is 13.3. The summed E-state index contributed by atoms with van der Waals surface area (Å²) in [6.45, 7) is 4.32. The van der Waals surface area contributed by atoms with Crippen LogP contribution < -0.4 is 0 Å². The number of rotatable bonds is 3. The molecule has 0 bridgehead atoms. The van der Waals surface area contributed by atoms with Gasteiger partial charge in [0.1, 0.15) is 5.82 Å². The van der Waals surface area contributed by atoms with Crippen LogP contribution in [0.5, 0.6) is 0 Å². The Morgan fingerprint density at radius 1 is 0.378 bits per heavy atom. The van der Waals surface area contributed by atoms with Gasteiger partial charge in [-0.05, 0) is 102 Å². The number of hydrogen-bond acceptors (Lipinski definition) is 0. The molecule has 0 N–H and O–H groups in total. The zero-order chi connectivity index (χ0) is 24.9. The molecule has 0 radical (unpaired) electrons. The Bertz CT molecular complexity index is 1820. The first-order chi connectivity index (χ1) is 18.1. The van der Waals surface area contributed by atoms with Crippen molar-refractivity contribution >= 4 is 16.3 Å². The van der Waals surface area contributed by atoms with E-state index in [-0.39, 0.29) is 5.82 Å². The molecule has 0 aromatic heterocycles. The van der Waals surface area contributed by atoms with Crippen LogP contribution in [-0.2, 0) is 0 Å². The highest BCUT2D eigenvalue weighted by Crippen LogP contribution is 2.44. The first-order valence-corrected chi connectivity index (χ1v) is 12.5. The smallest absolute Gasteiger partial charge is 0.123 e. The maximum absolute atomic E-state index is 13.3. The van der Waals surface area contributed by atoms with Gasteiger partial charge in [-0.1, -0.05) is 104 Å². The zero-order valence-corrected chi connectivity index (χ0v) is 20.2. The van der Waals surface area contributed by atoms with E-state index in [1.165, 1.54) is 61.8 Å². The zero-order valence-electron chi connectivity index (χ0n) is 20.2. The summed E-state index contributed by atoms with van der Waals surface area (Å²) in [7, 11) is 0. The molecule has 37 heavy (non-hydrogen) atoms. The predicted octanol–water partition coefficient (Wildman–Crippen LogP) is 10.0. The van der Waals surface area contributed by atoms with Gasteiger partial charge >= 0.3 is 0 Å². The van der Waals surface area contributed by atoms with Crippen molar-refractivity contribution < 1.29 is 4.39 Å². The van der Waals surface area contributed by atoms with Gasteiger partial charge in [0.2, 0.25) is 0 Å². The molecule has 0 nitrogen and oxygen atoms in total. The summed E-state index contributed by atoms with van der Waals surface area (Å²) in [5, 5.41) is 2.43. The molecule has 0 saturated heterocycles. The normalized spacial score (nSPS) is 12.0. The Hall–Kier alpha value is -4.75. The summed E-state index contributed by atoms with van der Waals surface area (Å²) >= 11 is 0. The van der Waals surface area contributed by atoms with Crippen LogP contribution in [0.3, 0.4) is 0 Å². The number of fused-ring (bicyclic) bond motifs is 4. The average molecular weight is 475 g/mol. The van der Waals surface area contributed by atoms with E-state index in [9.17, 15) is 4.39 Å². The Morgan fingerprint density at radius 3 is 1.46 bits per heavy atom. The minimum Gasteiger partial charge on any atom is -0.207 e. The minimum atomic E-state index is -0.216. The van der Waals surface area contributed by atoms with Crippen molar-refractivity contribution in [2.24, 2.45) is 0 Å². The molecule has 6 aromatic carbocycles. The lowest BCUT2D eigenvalue weighted by atomic mass is 9.95. The Balaban J connectivity index is 1.20. The average Bonchev–Trinajstić information content (AvgIpc) is 3.24. The SMILES string of the molecule is C=C1c2ccccc2-c2cc(-c3ccc4cc(-c5ccc(-c6ccc(F)cc6)cc5)ccc4c3)ccc21. The van der Waals surface area contributed by atoms with E-state index in [1.807, 2.05) is 12.1 Å². The molecule has 0 amide bonds. The standard InChI is InChI=1S/C36H23F/c1-23-33-4-2-3-5-35(33)36-22-31(16-19-34(23)36)30-13-12-28-20-27(10-11-29(28)21-30)26-8-6-24(7-9-26)25-14-17-32(37)18-15-25/h2-22H,1H2. The van der Waals surface area contributed by atoms with Crippen molar-refractivity contribution in [3.8, 4) is 44.5 Å². The van der Waals surface area contributed by atoms with E-state index < -0.39 is 0 Å². The van der Waals surface area contributed by atoms with E-state index >= 15 is 0 Å². The van der Waals surface area contributed by atoms with Crippen LogP contribution in [0.2, 0.25) is 0 Å². The predicted molar refractivity (Wildman–Crippen MR) is 154 cm³/mol. The second kappa shape index (κ2) is 8.43. The van der Waals surface area contributed by atoms with Crippen molar-refractivity contribution in [3.05, 3.63) is 151 Å². The van der Waals surface area contributed by atoms with Gasteiger partial charge in [-0.2, -0.15) is 0 Å². The van der Waals surface area contributed by atoms with E-state index in [4.69, 9.17) is 0 Å². The molecule has 7 rings (SSSR count). The molecule has 0 heterocycles. The lowest BCUT2D eigenvalue weighted by Crippen LogP contribution is -1.85. The van der Waals surface area contributed by atoms with Crippen molar-refractivity contribution in [1.82, 2.24) is 0 Å². The van der Waals surface area contributed by atoms with Crippen LogP contribution in [0.4, 0.5) is 4.39 Å². The maximum Gasteiger partial charge on any atom is 0.123 e. The molecule has 0 saturated carbocycles. The summed E-state index contributed by atoms with van der Waals surface area (Å²) in [6, 6.07) is 43.6. The third kappa shape index (κ3) is 3.68. The van der Waals surface area contributed by atoms with Gasteiger partial charge in [-0.3, -0.25) is 0 Å².